The Kier molecular flexibility index (Phi) is 3.97. The Labute approximate surface area is 111 Å². The summed E-state index contributed by atoms with van der Waals surface area (Å²) in [6.07, 6.45) is 2.95. The van der Waals surface area contributed by atoms with Gasteiger partial charge in [-0.1, -0.05) is 18.3 Å². The van der Waals surface area contributed by atoms with Gasteiger partial charge in [-0.2, -0.15) is 0 Å². The topological polar surface area (TPSA) is 75.1 Å². The third-order valence-electron chi connectivity index (χ3n) is 3.49. The van der Waals surface area contributed by atoms with Gasteiger partial charge in [0.2, 0.25) is 0 Å². The van der Waals surface area contributed by atoms with Crippen LogP contribution in [0.2, 0.25) is 0 Å². The molecule has 1 fully saturated rings. The molecule has 0 atom stereocenters. The van der Waals surface area contributed by atoms with E-state index in [1.807, 2.05) is 13.8 Å². The molecular formula is C12H19N3O2S. The van der Waals surface area contributed by atoms with Gasteiger partial charge in [0, 0.05) is 13.2 Å². The van der Waals surface area contributed by atoms with Gasteiger partial charge in [-0.05, 0) is 42.1 Å². The lowest BCUT2D eigenvalue weighted by Gasteiger charge is -2.14. The lowest BCUT2D eigenvalue weighted by molar-refractivity contribution is 0.0943. The molecule has 1 aromatic heterocycles. The van der Waals surface area contributed by atoms with Crippen molar-refractivity contribution in [2.45, 2.75) is 39.0 Å². The fourth-order valence-electron chi connectivity index (χ4n) is 2.01. The normalized spacial score (nSPS) is 16.9. The highest BCUT2D eigenvalue weighted by Gasteiger charge is 2.42. The van der Waals surface area contributed by atoms with Crippen molar-refractivity contribution in [3.05, 3.63) is 10.6 Å². The van der Waals surface area contributed by atoms with Crippen LogP contribution in [-0.2, 0) is 0 Å². The van der Waals surface area contributed by atoms with Gasteiger partial charge >= 0.3 is 0 Å². The molecule has 1 aromatic rings. The Morgan fingerprint density at radius 3 is 2.83 bits per heavy atom. The number of nitrogens with one attached hydrogen (secondary N) is 1. The molecule has 0 aromatic carbocycles. The Bertz CT molecular complexity index is 427. The Balaban J connectivity index is 1.94. The highest BCUT2D eigenvalue weighted by atomic mass is 32.1. The number of amides is 1. The molecule has 2 rings (SSSR count). The Hall–Kier alpha value is -1.01. The number of aliphatic hydroxyl groups is 1. The molecule has 1 amide bonds. The number of nitrogens with zero attached hydrogens (tertiary/aromatic N) is 2. The van der Waals surface area contributed by atoms with Crippen molar-refractivity contribution in [2.75, 3.05) is 13.2 Å². The molecule has 0 radical (unpaired) electrons. The predicted octanol–water partition coefficient (Wildman–Crippen LogP) is 1.55. The van der Waals surface area contributed by atoms with Crippen molar-refractivity contribution >= 4 is 17.4 Å². The van der Waals surface area contributed by atoms with Crippen molar-refractivity contribution in [3.8, 4) is 0 Å². The van der Waals surface area contributed by atoms with Gasteiger partial charge < -0.3 is 10.4 Å². The van der Waals surface area contributed by atoms with Crippen LogP contribution in [0.15, 0.2) is 0 Å². The van der Waals surface area contributed by atoms with Crippen LogP contribution in [0.3, 0.4) is 0 Å². The van der Waals surface area contributed by atoms with Gasteiger partial charge in [-0.15, -0.1) is 5.10 Å². The zero-order valence-corrected chi connectivity index (χ0v) is 11.6. The highest BCUT2D eigenvalue weighted by molar-refractivity contribution is 7.08. The van der Waals surface area contributed by atoms with Crippen LogP contribution >= 0.6 is 11.5 Å². The molecule has 0 spiro atoms. The molecule has 5 nitrogen and oxygen atoms in total. The van der Waals surface area contributed by atoms with Gasteiger partial charge in [-0.25, -0.2) is 0 Å². The minimum Gasteiger partial charge on any atom is -0.396 e. The summed E-state index contributed by atoms with van der Waals surface area (Å²) in [7, 11) is 0. The summed E-state index contributed by atoms with van der Waals surface area (Å²) in [5.74, 6) is 0.120. The van der Waals surface area contributed by atoms with E-state index in [4.69, 9.17) is 5.11 Å². The summed E-state index contributed by atoms with van der Waals surface area (Å²) < 4.78 is 3.85. The maximum Gasteiger partial charge on any atom is 0.264 e. The number of hydrogen-bond donors (Lipinski definition) is 2. The zero-order chi connectivity index (χ0) is 13.2. The van der Waals surface area contributed by atoms with Crippen LogP contribution in [0, 0.1) is 5.41 Å². The smallest absolute Gasteiger partial charge is 0.264 e. The fraction of sp³-hybridized carbons (Fsp3) is 0.750. The maximum absolute atomic E-state index is 12.1. The first-order valence-corrected chi connectivity index (χ1v) is 7.07. The van der Waals surface area contributed by atoms with E-state index in [1.165, 1.54) is 0 Å². The minimum atomic E-state index is -0.0853. The average Bonchev–Trinajstić information content (AvgIpc) is 2.92. The molecule has 2 N–H and O–H groups in total. The lowest BCUT2D eigenvalue weighted by atomic mass is 10.0. The van der Waals surface area contributed by atoms with Crippen LogP contribution in [-0.4, -0.2) is 33.8 Å². The highest BCUT2D eigenvalue weighted by Crippen LogP contribution is 2.47. The quantitative estimate of drug-likeness (QED) is 0.821. The lowest BCUT2D eigenvalue weighted by Crippen LogP contribution is -2.30. The number of carbonyl (C=O) groups excluding carboxylic acids is 1. The second-order valence-corrected chi connectivity index (χ2v) is 6.05. The third-order valence-corrected chi connectivity index (χ3v) is 4.23. The molecule has 0 bridgehead atoms. The van der Waals surface area contributed by atoms with Crippen molar-refractivity contribution in [1.29, 1.82) is 0 Å². The van der Waals surface area contributed by atoms with Crippen molar-refractivity contribution in [3.63, 3.8) is 0 Å². The molecule has 0 unspecified atom stereocenters. The van der Waals surface area contributed by atoms with Crippen LogP contribution in [0.5, 0.6) is 0 Å². The van der Waals surface area contributed by atoms with Crippen LogP contribution in [0.25, 0.3) is 0 Å². The van der Waals surface area contributed by atoms with E-state index in [1.54, 1.807) is 0 Å². The third kappa shape index (κ3) is 2.87. The van der Waals surface area contributed by atoms with Gasteiger partial charge in [-0.3, -0.25) is 4.79 Å². The Morgan fingerprint density at radius 2 is 2.28 bits per heavy atom. The summed E-state index contributed by atoms with van der Waals surface area (Å²) in [5, 5.41) is 15.9. The van der Waals surface area contributed by atoms with E-state index in [0.717, 1.165) is 36.5 Å². The predicted molar refractivity (Wildman–Crippen MR) is 69.7 cm³/mol. The van der Waals surface area contributed by atoms with Crippen molar-refractivity contribution in [2.24, 2.45) is 5.41 Å². The number of aliphatic hydroxyl groups excluding tert-OH is 1. The van der Waals surface area contributed by atoms with E-state index in [0.29, 0.717) is 11.4 Å². The van der Waals surface area contributed by atoms with Gasteiger partial charge in [0.05, 0.1) is 5.69 Å². The monoisotopic (exact) mass is 269 g/mol. The SMILES string of the molecule is CC(C)c1nnsc1C(=O)NCC1(CCO)CC1. The van der Waals surface area contributed by atoms with Gasteiger partial charge in [0.15, 0.2) is 0 Å². The number of aromatic nitrogens is 2. The molecule has 6 heteroatoms. The minimum absolute atomic E-state index is 0.0853. The molecular weight excluding hydrogens is 250 g/mol. The van der Waals surface area contributed by atoms with E-state index < -0.39 is 0 Å². The molecule has 100 valence electrons. The standard InChI is InChI=1S/C12H19N3O2S/c1-8(2)9-10(18-15-14-9)11(17)13-7-12(3-4-12)5-6-16/h8,16H,3-7H2,1-2H3,(H,13,17). The summed E-state index contributed by atoms with van der Waals surface area (Å²) in [6.45, 7) is 4.83. The van der Waals surface area contributed by atoms with Crippen LogP contribution in [0.1, 0.15) is 54.4 Å². The molecule has 18 heavy (non-hydrogen) atoms. The first-order valence-electron chi connectivity index (χ1n) is 6.29. The van der Waals surface area contributed by atoms with E-state index >= 15 is 0 Å². The largest absolute Gasteiger partial charge is 0.396 e. The fourth-order valence-corrected chi connectivity index (χ4v) is 2.75. The zero-order valence-electron chi connectivity index (χ0n) is 10.8. The molecule has 1 aliphatic carbocycles. The van der Waals surface area contributed by atoms with E-state index in [9.17, 15) is 4.79 Å². The summed E-state index contributed by atoms with van der Waals surface area (Å²) >= 11 is 1.15. The Morgan fingerprint density at radius 1 is 1.56 bits per heavy atom. The average molecular weight is 269 g/mol. The number of carbonyl (C=O) groups is 1. The molecule has 0 aliphatic heterocycles. The van der Waals surface area contributed by atoms with Crippen LogP contribution in [0.4, 0.5) is 0 Å². The number of rotatable bonds is 6. The second-order valence-electron chi connectivity index (χ2n) is 5.30. The van der Waals surface area contributed by atoms with Crippen molar-refractivity contribution in [1.82, 2.24) is 14.9 Å². The maximum atomic E-state index is 12.1. The van der Waals surface area contributed by atoms with Crippen molar-refractivity contribution < 1.29 is 9.90 Å². The van der Waals surface area contributed by atoms with Gasteiger partial charge in [0.25, 0.3) is 5.91 Å². The van der Waals surface area contributed by atoms with Gasteiger partial charge in [0.1, 0.15) is 4.88 Å². The van der Waals surface area contributed by atoms with E-state index in [2.05, 4.69) is 14.9 Å². The first-order chi connectivity index (χ1) is 8.58. The van der Waals surface area contributed by atoms with Crippen LogP contribution < -0.4 is 5.32 Å². The summed E-state index contributed by atoms with van der Waals surface area (Å²) in [4.78, 5) is 12.7. The van der Waals surface area contributed by atoms with E-state index in [-0.39, 0.29) is 23.8 Å². The molecule has 1 heterocycles. The molecule has 1 saturated carbocycles. The molecule has 1 aliphatic rings. The summed E-state index contributed by atoms with van der Waals surface area (Å²) in [6, 6.07) is 0. The first kappa shape index (κ1) is 13.4. The molecule has 0 saturated heterocycles. The number of hydrogen-bond acceptors (Lipinski definition) is 5. The second kappa shape index (κ2) is 5.32. The summed E-state index contributed by atoms with van der Waals surface area (Å²) in [5.41, 5.74) is 0.907.